The molecule has 1 aromatic rings. The van der Waals surface area contributed by atoms with Gasteiger partial charge in [-0.2, -0.15) is 5.26 Å². The Labute approximate surface area is 121 Å². The Bertz CT molecular complexity index is 634. The predicted octanol–water partition coefficient (Wildman–Crippen LogP) is 2.51. The third-order valence-corrected chi connectivity index (χ3v) is 4.06. The largest absolute Gasteiger partial charge is 0.481 e. The van der Waals surface area contributed by atoms with Gasteiger partial charge in [0.15, 0.2) is 0 Å². The summed E-state index contributed by atoms with van der Waals surface area (Å²) in [6.45, 7) is 3.50. The van der Waals surface area contributed by atoms with E-state index in [1.54, 1.807) is 19.9 Å². The Balaban J connectivity index is 2.14. The number of nitrogens with one attached hydrogen (secondary N) is 1. The first-order chi connectivity index (χ1) is 9.28. The molecule has 0 bridgehead atoms. The van der Waals surface area contributed by atoms with Crippen molar-refractivity contribution in [3.63, 3.8) is 0 Å². The fraction of sp³-hybridized carbons (Fsp3) is 0.357. The van der Waals surface area contributed by atoms with Crippen LogP contribution in [0, 0.1) is 28.6 Å². The van der Waals surface area contributed by atoms with Crippen LogP contribution in [0.25, 0.3) is 0 Å². The highest BCUT2D eigenvalue weighted by Gasteiger charge is 2.65. The summed E-state index contributed by atoms with van der Waals surface area (Å²) in [5, 5.41) is 20.9. The van der Waals surface area contributed by atoms with Crippen molar-refractivity contribution in [2.45, 2.75) is 13.8 Å². The minimum absolute atomic E-state index is 0.259. The molecule has 1 aromatic carbocycles. The second kappa shape index (κ2) is 4.80. The van der Waals surface area contributed by atoms with E-state index in [4.69, 9.17) is 22.0 Å². The number of carbonyl (C=O) groups excluding carboxylic acids is 1. The van der Waals surface area contributed by atoms with E-state index in [0.29, 0.717) is 10.7 Å². The maximum atomic E-state index is 12.1. The minimum Gasteiger partial charge on any atom is -0.481 e. The summed E-state index contributed by atoms with van der Waals surface area (Å²) < 4.78 is 0. The Morgan fingerprint density at radius 2 is 2.05 bits per heavy atom. The Morgan fingerprint density at radius 1 is 1.40 bits per heavy atom. The van der Waals surface area contributed by atoms with Crippen LogP contribution >= 0.6 is 11.6 Å². The Kier molecular flexibility index (Phi) is 3.45. The van der Waals surface area contributed by atoms with Crippen LogP contribution in [-0.2, 0) is 9.59 Å². The molecule has 0 aliphatic heterocycles. The van der Waals surface area contributed by atoms with E-state index in [1.807, 2.05) is 6.07 Å². The maximum Gasteiger partial charge on any atom is 0.307 e. The van der Waals surface area contributed by atoms with Gasteiger partial charge in [-0.05, 0) is 23.6 Å². The first-order valence-corrected chi connectivity index (χ1v) is 6.40. The van der Waals surface area contributed by atoms with E-state index in [0.717, 1.165) is 0 Å². The van der Waals surface area contributed by atoms with Gasteiger partial charge in [-0.15, -0.1) is 0 Å². The number of carbonyl (C=O) groups is 2. The zero-order valence-corrected chi connectivity index (χ0v) is 11.7. The molecule has 1 amide bonds. The highest BCUT2D eigenvalue weighted by Crippen LogP contribution is 2.58. The van der Waals surface area contributed by atoms with Crippen LogP contribution in [0.15, 0.2) is 18.2 Å². The summed E-state index contributed by atoms with van der Waals surface area (Å²) in [5.41, 5.74) is 0.137. The van der Waals surface area contributed by atoms with Crippen molar-refractivity contribution in [1.82, 2.24) is 0 Å². The summed E-state index contributed by atoms with van der Waals surface area (Å²) in [4.78, 5) is 23.1. The average molecular weight is 293 g/mol. The number of halogens is 1. The lowest BCUT2D eigenvalue weighted by atomic mass is 10.1. The standard InChI is InChI=1S/C14H13ClN2O3/c1-14(2)10(11(14)13(19)20)12(18)17-8-3-4-9(15)7(5-8)6-16/h3-5,10-11H,1-2H3,(H,17,18)(H,19,20). The van der Waals surface area contributed by atoms with Crippen molar-refractivity contribution in [1.29, 1.82) is 5.26 Å². The third kappa shape index (κ3) is 2.35. The highest BCUT2D eigenvalue weighted by molar-refractivity contribution is 6.31. The molecule has 5 nitrogen and oxygen atoms in total. The number of hydrogen-bond acceptors (Lipinski definition) is 3. The van der Waals surface area contributed by atoms with E-state index < -0.39 is 23.2 Å². The quantitative estimate of drug-likeness (QED) is 0.895. The van der Waals surface area contributed by atoms with Crippen molar-refractivity contribution < 1.29 is 14.7 Å². The van der Waals surface area contributed by atoms with E-state index in [9.17, 15) is 9.59 Å². The summed E-state index contributed by atoms with van der Waals surface area (Å²) in [7, 11) is 0. The van der Waals surface area contributed by atoms with Crippen LogP contribution in [0.2, 0.25) is 5.02 Å². The lowest BCUT2D eigenvalue weighted by molar-refractivity contribution is -0.140. The zero-order valence-electron chi connectivity index (χ0n) is 11.0. The molecule has 20 heavy (non-hydrogen) atoms. The van der Waals surface area contributed by atoms with Crippen molar-refractivity contribution in [3.05, 3.63) is 28.8 Å². The van der Waals surface area contributed by atoms with Gasteiger partial charge in [0.2, 0.25) is 5.91 Å². The number of benzene rings is 1. The molecule has 2 atom stereocenters. The minimum atomic E-state index is -0.969. The summed E-state index contributed by atoms with van der Waals surface area (Å²) in [6, 6.07) is 6.48. The van der Waals surface area contributed by atoms with Crippen LogP contribution < -0.4 is 5.32 Å². The molecule has 0 heterocycles. The lowest BCUT2D eigenvalue weighted by Crippen LogP contribution is -2.17. The molecule has 1 saturated carbocycles. The molecule has 0 saturated heterocycles. The molecule has 2 unspecified atom stereocenters. The number of hydrogen-bond donors (Lipinski definition) is 2. The summed E-state index contributed by atoms with van der Waals surface area (Å²) in [5.74, 6) is -2.57. The van der Waals surface area contributed by atoms with E-state index in [1.165, 1.54) is 12.1 Å². The first kappa shape index (κ1) is 14.4. The number of carboxylic acid groups (broad SMARTS) is 1. The van der Waals surface area contributed by atoms with Crippen molar-refractivity contribution >= 4 is 29.2 Å². The van der Waals surface area contributed by atoms with Crippen LogP contribution in [-0.4, -0.2) is 17.0 Å². The third-order valence-electron chi connectivity index (χ3n) is 3.73. The number of aliphatic carboxylic acids is 1. The van der Waals surface area contributed by atoms with Gasteiger partial charge in [0, 0.05) is 5.69 Å². The molecule has 2 N–H and O–H groups in total. The highest BCUT2D eigenvalue weighted by atomic mass is 35.5. The van der Waals surface area contributed by atoms with Gasteiger partial charge in [-0.25, -0.2) is 0 Å². The van der Waals surface area contributed by atoms with Crippen molar-refractivity contribution in [2.75, 3.05) is 5.32 Å². The fourth-order valence-electron chi connectivity index (χ4n) is 2.50. The average Bonchev–Trinajstić information content (AvgIpc) is 2.95. The second-order valence-corrected chi connectivity index (χ2v) is 5.82. The van der Waals surface area contributed by atoms with Gasteiger partial charge >= 0.3 is 5.97 Å². The van der Waals surface area contributed by atoms with Crippen molar-refractivity contribution in [3.8, 4) is 6.07 Å². The number of rotatable bonds is 3. The smallest absolute Gasteiger partial charge is 0.307 e. The van der Waals surface area contributed by atoms with E-state index in [-0.39, 0.29) is 11.5 Å². The van der Waals surface area contributed by atoms with E-state index >= 15 is 0 Å². The van der Waals surface area contributed by atoms with Gasteiger partial charge in [-0.1, -0.05) is 25.4 Å². The molecule has 2 rings (SSSR count). The van der Waals surface area contributed by atoms with Gasteiger partial charge in [0.25, 0.3) is 0 Å². The molecule has 0 aromatic heterocycles. The molecular weight excluding hydrogens is 280 g/mol. The maximum absolute atomic E-state index is 12.1. The van der Waals surface area contributed by atoms with Crippen LogP contribution in [0.1, 0.15) is 19.4 Å². The van der Waals surface area contributed by atoms with Gasteiger partial charge in [0.05, 0.1) is 22.4 Å². The zero-order chi connectivity index (χ0) is 15.1. The number of nitrogens with zero attached hydrogens (tertiary/aromatic N) is 1. The van der Waals surface area contributed by atoms with Gasteiger partial charge < -0.3 is 10.4 Å². The Morgan fingerprint density at radius 3 is 2.55 bits per heavy atom. The number of anilines is 1. The SMILES string of the molecule is CC1(C)C(C(=O)O)C1C(=O)Nc1ccc(Cl)c(C#N)c1. The summed E-state index contributed by atoms with van der Waals surface area (Å²) in [6.07, 6.45) is 0. The molecule has 0 spiro atoms. The fourth-order valence-corrected chi connectivity index (χ4v) is 2.66. The second-order valence-electron chi connectivity index (χ2n) is 5.41. The number of nitriles is 1. The van der Waals surface area contributed by atoms with E-state index in [2.05, 4.69) is 5.32 Å². The number of carboxylic acids is 1. The topological polar surface area (TPSA) is 90.2 Å². The lowest BCUT2D eigenvalue weighted by Gasteiger charge is -2.07. The first-order valence-electron chi connectivity index (χ1n) is 6.02. The Hall–Kier alpha value is -2.06. The molecular formula is C14H13ClN2O3. The van der Waals surface area contributed by atoms with Crippen molar-refractivity contribution in [2.24, 2.45) is 17.3 Å². The number of amides is 1. The van der Waals surface area contributed by atoms with Crippen LogP contribution in [0.3, 0.4) is 0 Å². The molecule has 0 radical (unpaired) electrons. The van der Waals surface area contributed by atoms with Gasteiger partial charge in [0.1, 0.15) is 6.07 Å². The van der Waals surface area contributed by atoms with Crippen LogP contribution in [0.5, 0.6) is 0 Å². The molecule has 1 aliphatic carbocycles. The van der Waals surface area contributed by atoms with Crippen LogP contribution in [0.4, 0.5) is 5.69 Å². The predicted molar refractivity (Wildman–Crippen MR) is 73.2 cm³/mol. The molecule has 1 fully saturated rings. The monoisotopic (exact) mass is 292 g/mol. The molecule has 1 aliphatic rings. The summed E-state index contributed by atoms with van der Waals surface area (Å²) >= 11 is 5.80. The normalized spacial score (nSPS) is 22.7. The van der Waals surface area contributed by atoms with Gasteiger partial charge in [-0.3, -0.25) is 9.59 Å². The molecule has 104 valence electrons. The molecule has 6 heteroatoms.